The number of primary amides is 1. The van der Waals surface area contributed by atoms with Crippen molar-refractivity contribution in [1.29, 1.82) is 0 Å². The Labute approximate surface area is 150 Å². The van der Waals surface area contributed by atoms with Crippen LogP contribution in [-0.4, -0.2) is 47.2 Å². The minimum Gasteiger partial charge on any atom is -0.395 e. The SMILES string of the molecule is CC(C)CCN(CCO)C(=O)NC(C)(C(N)=O)C(C)c1ccccc1. The molecule has 1 aromatic rings. The quantitative estimate of drug-likeness (QED) is 0.637. The predicted molar refractivity (Wildman–Crippen MR) is 99.1 cm³/mol. The summed E-state index contributed by atoms with van der Waals surface area (Å²) in [6.07, 6.45) is 0.814. The van der Waals surface area contributed by atoms with Crippen LogP contribution in [0.5, 0.6) is 0 Å². The van der Waals surface area contributed by atoms with Gasteiger partial charge in [0.2, 0.25) is 5.91 Å². The molecule has 0 heterocycles. The number of nitrogens with one attached hydrogen (secondary N) is 1. The van der Waals surface area contributed by atoms with Gasteiger partial charge in [0, 0.05) is 19.0 Å². The molecule has 0 saturated carbocycles. The van der Waals surface area contributed by atoms with Crippen molar-refractivity contribution in [3.63, 3.8) is 0 Å². The van der Waals surface area contributed by atoms with E-state index in [0.29, 0.717) is 12.5 Å². The van der Waals surface area contributed by atoms with Crippen molar-refractivity contribution in [2.24, 2.45) is 11.7 Å². The highest BCUT2D eigenvalue weighted by atomic mass is 16.3. The highest BCUT2D eigenvalue weighted by Crippen LogP contribution is 2.28. The van der Waals surface area contributed by atoms with E-state index in [2.05, 4.69) is 19.2 Å². The Morgan fingerprint density at radius 3 is 2.28 bits per heavy atom. The van der Waals surface area contributed by atoms with E-state index in [1.54, 1.807) is 6.92 Å². The molecule has 140 valence electrons. The molecule has 6 heteroatoms. The van der Waals surface area contributed by atoms with E-state index < -0.39 is 17.5 Å². The lowest BCUT2D eigenvalue weighted by molar-refractivity contribution is -0.124. The van der Waals surface area contributed by atoms with Gasteiger partial charge in [0.25, 0.3) is 0 Å². The van der Waals surface area contributed by atoms with Crippen LogP contribution in [-0.2, 0) is 4.79 Å². The van der Waals surface area contributed by atoms with Crippen LogP contribution in [0.3, 0.4) is 0 Å². The number of aliphatic hydroxyl groups excluding tert-OH is 1. The first kappa shape index (κ1) is 21.0. The Hall–Kier alpha value is -2.08. The van der Waals surface area contributed by atoms with Crippen LogP contribution in [0.15, 0.2) is 30.3 Å². The molecule has 3 amide bonds. The maximum absolute atomic E-state index is 12.7. The topological polar surface area (TPSA) is 95.7 Å². The molecule has 0 aliphatic rings. The number of carbonyl (C=O) groups excluding carboxylic acids is 2. The van der Waals surface area contributed by atoms with Crippen LogP contribution in [0.2, 0.25) is 0 Å². The van der Waals surface area contributed by atoms with Gasteiger partial charge in [-0.15, -0.1) is 0 Å². The molecule has 6 nitrogen and oxygen atoms in total. The average Bonchev–Trinajstić information content (AvgIpc) is 2.58. The average molecular weight is 349 g/mol. The number of nitrogens with zero attached hydrogens (tertiary/aromatic N) is 1. The molecule has 4 N–H and O–H groups in total. The van der Waals surface area contributed by atoms with Crippen LogP contribution in [0.1, 0.15) is 45.6 Å². The van der Waals surface area contributed by atoms with E-state index in [4.69, 9.17) is 5.73 Å². The second-order valence-electron chi connectivity index (χ2n) is 7.02. The normalized spacial score (nSPS) is 14.6. The van der Waals surface area contributed by atoms with Crippen molar-refractivity contribution < 1.29 is 14.7 Å². The van der Waals surface area contributed by atoms with Gasteiger partial charge in [-0.3, -0.25) is 4.79 Å². The van der Waals surface area contributed by atoms with E-state index in [1.165, 1.54) is 4.90 Å². The van der Waals surface area contributed by atoms with Crippen molar-refractivity contribution in [2.45, 2.75) is 45.6 Å². The van der Waals surface area contributed by atoms with Crippen molar-refractivity contribution in [2.75, 3.05) is 19.7 Å². The zero-order chi connectivity index (χ0) is 19.0. The highest BCUT2D eigenvalue weighted by Gasteiger charge is 2.40. The first-order chi connectivity index (χ1) is 11.7. The fraction of sp³-hybridized carbons (Fsp3) is 0.579. The van der Waals surface area contributed by atoms with E-state index in [9.17, 15) is 14.7 Å². The van der Waals surface area contributed by atoms with Gasteiger partial charge >= 0.3 is 6.03 Å². The van der Waals surface area contributed by atoms with Gasteiger partial charge in [-0.25, -0.2) is 4.79 Å². The number of hydrogen-bond donors (Lipinski definition) is 3. The van der Waals surface area contributed by atoms with Gasteiger partial charge in [-0.1, -0.05) is 51.1 Å². The summed E-state index contributed by atoms with van der Waals surface area (Å²) in [6.45, 7) is 8.24. The zero-order valence-corrected chi connectivity index (χ0v) is 15.7. The summed E-state index contributed by atoms with van der Waals surface area (Å²) >= 11 is 0. The van der Waals surface area contributed by atoms with Crippen LogP contribution < -0.4 is 11.1 Å². The smallest absolute Gasteiger partial charge is 0.318 e. The monoisotopic (exact) mass is 349 g/mol. The molecule has 1 rings (SSSR count). The largest absolute Gasteiger partial charge is 0.395 e. The van der Waals surface area contributed by atoms with Crippen LogP contribution in [0.4, 0.5) is 4.79 Å². The highest BCUT2D eigenvalue weighted by molar-refractivity contribution is 5.90. The second-order valence-corrected chi connectivity index (χ2v) is 7.02. The summed E-state index contributed by atoms with van der Waals surface area (Å²) in [5.41, 5.74) is 5.32. The van der Waals surface area contributed by atoms with Crippen LogP contribution in [0, 0.1) is 5.92 Å². The maximum atomic E-state index is 12.7. The lowest BCUT2D eigenvalue weighted by atomic mass is 9.81. The Kier molecular flexibility index (Phi) is 7.90. The molecule has 1 aromatic carbocycles. The molecule has 0 aliphatic carbocycles. The number of hydrogen-bond acceptors (Lipinski definition) is 3. The minimum absolute atomic E-state index is 0.132. The van der Waals surface area contributed by atoms with Gasteiger partial charge < -0.3 is 21.1 Å². The number of rotatable bonds is 9. The third kappa shape index (κ3) is 5.74. The molecule has 0 aliphatic heterocycles. The summed E-state index contributed by atoms with van der Waals surface area (Å²) in [5.74, 6) is -0.457. The molecule has 0 radical (unpaired) electrons. The van der Waals surface area contributed by atoms with E-state index in [0.717, 1.165) is 12.0 Å². The van der Waals surface area contributed by atoms with Gasteiger partial charge in [0.1, 0.15) is 5.54 Å². The number of carbonyl (C=O) groups is 2. The molecule has 0 spiro atoms. The molecular weight excluding hydrogens is 318 g/mol. The molecule has 2 atom stereocenters. The summed E-state index contributed by atoms with van der Waals surface area (Å²) < 4.78 is 0. The summed E-state index contributed by atoms with van der Waals surface area (Å²) in [6, 6.07) is 9.08. The third-order valence-electron chi connectivity index (χ3n) is 4.68. The number of aliphatic hydroxyl groups is 1. The van der Waals surface area contributed by atoms with E-state index in [-0.39, 0.29) is 19.1 Å². The second kappa shape index (κ2) is 9.42. The maximum Gasteiger partial charge on any atom is 0.318 e. The molecule has 0 aromatic heterocycles. The Balaban J connectivity index is 2.97. The van der Waals surface area contributed by atoms with Crippen molar-refractivity contribution in [3.05, 3.63) is 35.9 Å². The summed E-state index contributed by atoms with van der Waals surface area (Å²) in [5, 5.41) is 12.0. The van der Waals surface area contributed by atoms with E-state index >= 15 is 0 Å². The van der Waals surface area contributed by atoms with Crippen molar-refractivity contribution >= 4 is 11.9 Å². The molecular formula is C19H31N3O3. The summed E-state index contributed by atoms with van der Waals surface area (Å²) in [7, 11) is 0. The van der Waals surface area contributed by atoms with Gasteiger partial charge in [-0.2, -0.15) is 0 Å². The minimum atomic E-state index is -1.23. The Morgan fingerprint density at radius 1 is 1.20 bits per heavy atom. The van der Waals surface area contributed by atoms with Crippen molar-refractivity contribution in [1.82, 2.24) is 10.2 Å². The van der Waals surface area contributed by atoms with Crippen LogP contribution >= 0.6 is 0 Å². The lowest BCUT2D eigenvalue weighted by Crippen LogP contribution is -2.61. The standard InChI is InChI=1S/C19H31N3O3/c1-14(2)10-11-22(12-13-23)18(25)21-19(4,17(20)24)15(3)16-8-6-5-7-9-16/h5-9,14-15,23H,10-13H2,1-4H3,(H2,20,24)(H,21,25). The van der Waals surface area contributed by atoms with Gasteiger partial charge in [0.05, 0.1) is 6.61 Å². The van der Waals surface area contributed by atoms with Gasteiger partial charge in [-0.05, 0) is 24.8 Å². The summed E-state index contributed by atoms with van der Waals surface area (Å²) in [4.78, 5) is 26.4. The number of benzene rings is 1. The van der Waals surface area contributed by atoms with Gasteiger partial charge in [0.15, 0.2) is 0 Å². The predicted octanol–water partition coefficient (Wildman–Crippen LogP) is 2.08. The van der Waals surface area contributed by atoms with Crippen LogP contribution in [0.25, 0.3) is 0 Å². The molecule has 25 heavy (non-hydrogen) atoms. The Morgan fingerprint density at radius 2 is 1.80 bits per heavy atom. The molecule has 0 fully saturated rings. The first-order valence-corrected chi connectivity index (χ1v) is 8.75. The Bertz CT molecular complexity index is 562. The van der Waals surface area contributed by atoms with E-state index in [1.807, 2.05) is 37.3 Å². The number of urea groups is 1. The molecule has 0 saturated heterocycles. The zero-order valence-electron chi connectivity index (χ0n) is 15.7. The first-order valence-electron chi connectivity index (χ1n) is 8.75. The molecule has 0 bridgehead atoms. The van der Waals surface area contributed by atoms with Crippen molar-refractivity contribution in [3.8, 4) is 0 Å². The number of amides is 3. The fourth-order valence-corrected chi connectivity index (χ4v) is 2.61. The lowest BCUT2D eigenvalue weighted by Gasteiger charge is -2.36. The fourth-order valence-electron chi connectivity index (χ4n) is 2.61. The third-order valence-corrected chi connectivity index (χ3v) is 4.68. The number of nitrogens with two attached hydrogens (primary N) is 1. The molecule has 2 unspecified atom stereocenters.